The summed E-state index contributed by atoms with van der Waals surface area (Å²) in [7, 11) is 0. The normalized spacial score (nSPS) is 30.0. The fourth-order valence-electron chi connectivity index (χ4n) is 2.83. The van der Waals surface area contributed by atoms with Crippen LogP contribution in [0.3, 0.4) is 0 Å². The van der Waals surface area contributed by atoms with E-state index in [2.05, 4.69) is 12.2 Å². The van der Waals surface area contributed by atoms with E-state index in [-0.39, 0.29) is 5.60 Å². The third-order valence-corrected chi connectivity index (χ3v) is 3.85. The number of hydrogen-bond donors (Lipinski definition) is 1. The van der Waals surface area contributed by atoms with Crippen molar-refractivity contribution in [3.8, 4) is 0 Å². The van der Waals surface area contributed by atoms with Gasteiger partial charge < -0.3 is 14.8 Å². The second-order valence-electron chi connectivity index (χ2n) is 5.30. The molecule has 2 unspecified atom stereocenters. The van der Waals surface area contributed by atoms with Crippen molar-refractivity contribution in [1.82, 2.24) is 5.32 Å². The molecule has 0 radical (unpaired) electrons. The van der Waals surface area contributed by atoms with Gasteiger partial charge >= 0.3 is 0 Å². The average molecular weight is 227 g/mol. The molecule has 0 aromatic heterocycles. The lowest BCUT2D eigenvalue weighted by atomic mass is 9.74. The topological polar surface area (TPSA) is 30.5 Å². The second kappa shape index (κ2) is 5.48. The third kappa shape index (κ3) is 2.96. The molecular weight excluding hydrogens is 202 g/mol. The zero-order valence-corrected chi connectivity index (χ0v) is 10.6. The molecule has 94 valence electrons. The van der Waals surface area contributed by atoms with Crippen molar-refractivity contribution in [3.63, 3.8) is 0 Å². The Morgan fingerprint density at radius 2 is 2.31 bits per heavy atom. The summed E-state index contributed by atoms with van der Waals surface area (Å²) < 4.78 is 11.4. The summed E-state index contributed by atoms with van der Waals surface area (Å²) in [6.07, 6.45) is 6.24. The molecule has 2 aliphatic rings. The van der Waals surface area contributed by atoms with E-state index in [0.717, 1.165) is 26.2 Å². The lowest BCUT2D eigenvalue weighted by Gasteiger charge is -2.47. The molecule has 2 rings (SSSR count). The van der Waals surface area contributed by atoms with E-state index in [0.29, 0.717) is 12.1 Å². The first kappa shape index (κ1) is 12.3. The first-order valence-corrected chi connectivity index (χ1v) is 6.72. The molecular formula is C13H25NO2. The standard InChI is InChI=1S/C13H25NO2/c1-3-15-10-11(2)14-12-5-8-16-13(9-12)6-4-7-13/h11-12,14H,3-10H2,1-2H3. The summed E-state index contributed by atoms with van der Waals surface area (Å²) in [5.74, 6) is 0. The quantitative estimate of drug-likeness (QED) is 0.780. The van der Waals surface area contributed by atoms with Crippen LogP contribution in [-0.2, 0) is 9.47 Å². The van der Waals surface area contributed by atoms with Crippen LogP contribution in [0.15, 0.2) is 0 Å². The Hall–Kier alpha value is -0.120. The van der Waals surface area contributed by atoms with Gasteiger partial charge in [-0.1, -0.05) is 0 Å². The van der Waals surface area contributed by atoms with Crippen molar-refractivity contribution in [2.75, 3.05) is 19.8 Å². The highest BCUT2D eigenvalue weighted by Crippen LogP contribution is 2.42. The highest BCUT2D eigenvalue weighted by Gasteiger charge is 2.42. The summed E-state index contributed by atoms with van der Waals surface area (Å²) in [6.45, 7) is 6.81. The molecule has 0 aromatic rings. The molecule has 2 atom stereocenters. The molecule has 1 spiro atoms. The molecule has 3 heteroatoms. The summed E-state index contributed by atoms with van der Waals surface area (Å²) in [4.78, 5) is 0. The zero-order valence-electron chi connectivity index (χ0n) is 10.6. The van der Waals surface area contributed by atoms with E-state index in [1.165, 1.54) is 25.7 Å². The van der Waals surface area contributed by atoms with Crippen LogP contribution < -0.4 is 5.32 Å². The number of nitrogens with one attached hydrogen (secondary N) is 1. The van der Waals surface area contributed by atoms with Crippen LogP contribution >= 0.6 is 0 Å². The lowest BCUT2D eigenvalue weighted by molar-refractivity contribution is -0.136. The zero-order chi connectivity index (χ0) is 11.4. The maximum absolute atomic E-state index is 5.92. The van der Waals surface area contributed by atoms with Crippen LogP contribution in [0.5, 0.6) is 0 Å². The Morgan fingerprint density at radius 1 is 1.50 bits per heavy atom. The first-order chi connectivity index (χ1) is 7.74. The molecule has 1 saturated carbocycles. The van der Waals surface area contributed by atoms with Gasteiger partial charge in [-0.25, -0.2) is 0 Å². The van der Waals surface area contributed by atoms with Gasteiger partial charge in [0.05, 0.1) is 12.2 Å². The molecule has 0 bridgehead atoms. The maximum Gasteiger partial charge on any atom is 0.0697 e. The minimum Gasteiger partial charge on any atom is -0.380 e. The van der Waals surface area contributed by atoms with E-state index >= 15 is 0 Å². The van der Waals surface area contributed by atoms with E-state index in [9.17, 15) is 0 Å². The van der Waals surface area contributed by atoms with Crippen LogP contribution in [0, 0.1) is 0 Å². The predicted octanol–water partition coefficient (Wildman–Crippen LogP) is 2.10. The third-order valence-electron chi connectivity index (χ3n) is 3.85. The molecule has 0 aromatic carbocycles. The van der Waals surface area contributed by atoms with Gasteiger partial charge in [0.25, 0.3) is 0 Å². The van der Waals surface area contributed by atoms with Crippen LogP contribution in [0.2, 0.25) is 0 Å². The van der Waals surface area contributed by atoms with Gasteiger partial charge in [0.15, 0.2) is 0 Å². The van der Waals surface area contributed by atoms with Gasteiger partial charge in [-0.15, -0.1) is 0 Å². The van der Waals surface area contributed by atoms with E-state index in [1.807, 2.05) is 6.92 Å². The van der Waals surface area contributed by atoms with Crippen LogP contribution in [0.4, 0.5) is 0 Å². The average Bonchev–Trinajstić information content (AvgIpc) is 2.24. The van der Waals surface area contributed by atoms with E-state index < -0.39 is 0 Å². The largest absolute Gasteiger partial charge is 0.380 e. The van der Waals surface area contributed by atoms with E-state index in [1.54, 1.807) is 0 Å². The Morgan fingerprint density at radius 3 is 2.94 bits per heavy atom. The van der Waals surface area contributed by atoms with Crippen molar-refractivity contribution >= 4 is 0 Å². The molecule has 1 saturated heterocycles. The molecule has 16 heavy (non-hydrogen) atoms. The second-order valence-corrected chi connectivity index (χ2v) is 5.30. The Labute approximate surface area is 98.9 Å². The van der Waals surface area contributed by atoms with Crippen molar-refractivity contribution in [1.29, 1.82) is 0 Å². The maximum atomic E-state index is 5.92. The molecule has 0 amide bonds. The number of ether oxygens (including phenoxy) is 2. The van der Waals surface area contributed by atoms with Gasteiger partial charge in [0.2, 0.25) is 0 Å². The SMILES string of the molecule is CCOCC(C)NC1CCOC2(CCC2)C1. The Balaban J connectivity index is 1.72. The molecule has 1 N–H and O–H groups in total. The predicted molar refractivity (Wildman–Crippen MR) is 64.6 cm³/mol. The van der Waals surface area contributed by atoms with Crippen molar-refractivity contribution in [3.05, 3.63) is 0 Å². The number of rotatable bonds is 5. The first-order valence-electron chi connectivity index (χ1n) is 6.72. The van der Waals surface area contributed by atoms with Gasteiger partial charge in [0.1, 0.15) is 0 Å². The van der Waals surface area contributed by atoms with Crippen molar-refractivity contribution in [2.24, 2.45) is 0 Å². The molecule has 2 fully saturated rings. The van der Waals surface area contributed by atoms with Gasteiger partial charge in [0, 0.05) is 25.3 Å². The van der Waals surface area contributed by atoms with Crippen molar-refractivity contribution in [2.45, 2.75) is 63.6 Å². The van der Waals surface area contributed by atoms with Crippen LogP contribution in [0.25, 0.3) is 0 Å². The molecule has 1 heterocycles. The fourth-order valence-corrected chi connectivity index (χ4v) is 2.83. The van der Waals surface area contributed by atoms with Crippen LogP contribution in [-0.4, -0.2) is 37.5 Å². The smallest absolute Gasteiger partial charge is 0.0697 e. The van der Waals surface area contributed by atoms with Gasteiger partial charge in [-0.05, 0) is 46.0 Å². The summed E-state index contributed by atoms with van der Waals surface area (Å²) in [6, 6.07) is 1.09. The summed E-state index contributed by atoms with van der Waals surface area (Å²) in [5.41, 5.74) is 0.251. The minimum absolute atomic E-state index is 0.251. The minimum atomic E-state index is 0.251. The lowest BCUT2D eigenvalue weighted by Crippen LogP contribution is -2.52. The Bertz CT molecular complexity index is 216. The van der Waals surface area contributed by atoms with Gasteiger partial charge in [-0.3, -0.25) is 0 Å². The van der Waals surface area contributed by atoms with Crippen LogP contribution in [0.1, 0.15) is 46.0 Å². The van der Waals surface area contributed by atoms with Gasteiger partial charge in [-0.2, -0.15) is 0 Å². The Kier molecular flexibility index (Phi) is 4.22. The molecule has 1 aliphatic carbocycles. The van der Waals surface area contributed by atoms with E-state index in [4.69, 9.17) is 9.47 Å². The summed E-state index contributed by atoms with van der Waals surface area (Å²) in [5, 5.41) is 3.67. The highest BCUT2D eigenvalue weighted by molar-refractivity contribution is 4.96. The highest BCUT2D eigenvalue weighted by atomic mass is 16.5. The molecule has 3 nitrogen and oxygen atoms in total. The monoisotopic (exact) mass is 227 g/mol. The number of hydrogen-bond acceptors (Lipinski definition) is 3. The summed E-state index contributed by atoms with van der Waals surface area (Å²) >= 11 is 0. The molecule has 1 aliphatic heterocycles. The fraction of sp³-hybridized carbons (Fsp3) is 1.00. The van der Waals surface area contributed by atoms with Crippen molar-refractivity contribution < 1.29 is 9.47 Å².